The number of hydrogen-bond donors (Lipinski definition) is 0. The third kappa shape index (κ3) is 6.63. The van der Waals surface area contributed by atoms with E-state index >= 15 is 0 Å². The molecular formula is C18H30N2O7P2. The Hall–Kier alpha value is -1.76. The van der Waals surface area contributed by atoms with E-state index in [0.29, 0.717) is 0 Å². The number of carbonyl (C=O) groups excluding carboxylic acids is 2. The summed E-state index contributed by atoms with van der Waals surface area (Å²) in [7, 11) is -5.80. The predicted molar refractivity (Wildman–Crippen MR) is 113 cm³/mol. The Bertz CT molecular complexity index is 678. The topological polar surface area (TPSA) is 102 Å². The van der Waals surface area contributed by atoms with Crippen LogP contribution in [0.3, 0.4) is 0 Å². The molecule has 0 aliphatic rings. The minimum atomic E-state index is -4.08. The van der Waals surface area contributed by atoms with Crippen LogP contribution in [0, 0.1) is 0 Å². The number of rotatable bonds is 14. The van der Waals surface area contributed by atoms with Crippen molar-refractivity contribution >= 4 is 27.0 Å². The highest BCUT2D eigenvalue weighted by molar-refractivity contribution is 7.72. The molecule has 0 amide bonds. The van der Waals surface area contributed by atoms with Crippen LogP contribution in [0.15, 0.2) is 50.1 Å². The van der Waals surface area contributed by atoms with Gasteiger partial charge >= 0.3 is 27.0 Å². The maximum absolute atomic E-state index is 13.6. The molecule has 11 heteroatoms. The molecule has 0 aromatic carbocycles. The fraction of sp³-hybridized carbons (Fsp3) is 0.444. The highest BCUT2D eigenvalue weighted by atomic mass is 31.2. The van der Waals surface area contributed by atoms with Gasteiger partial charge in [-0.1, -0.05) is 25.3 Å². The van der Waals surface area contributed by atoms with Crippen LogP contribution in [0.5, 0.6) is 0 Å². The van der Waals surface area contributed by atoms with Crippen LogP contribution < -0.4 is 0 Å². The molecule has 4 atom stereocenters. The van der Waals surface area contributed by atoms with Gasteiger partial charge in [0, 0.05) is 24.7 Å². The first kappa shape index (κ1) is 27.2. The molecule has 0 unspecified atom stereocenters. The van der Waals surface area contributed by atoms with Gasteiger partial charge in [0.1, 0.15) is 12.1 Å². The molecule has 0 aliphatic carbocycles. The van der Waals surface area contributed by atoms with Crippen molar-refractivity contribution in [2.45, 2.75) is 25.9 Å². The first-order valence-electron chi connectivity index (χ1n) is 8.61. The van der Waals surface area contributed by atoms with Crippen molar-refractivity contribution in [3.8, 4) is 0 Å². The lowest BCUT2D eigenvalue weighted by Gasteiger charge is -2.37. The summed E-state index contributed by atoms with van der Waals surface area (Å²) in [6.45, 7) is 17.0. The van der Waals surface area contributed by atoms with Gasteiger partial charge in [0.25, 0.3) is 0 Å². The van der Waals surface area contributed by atoms with E-state index in [1.54, 1.807) is 0 Å². The molecule has 0 N–H and O–H groups in total. The van der Waals surface area contributed by atoms with Crippen LogP contribution in [-0.2, 0) is 32.5 Å². The Morgan fingerprint density at radius 2 is 1.14 bits per heavy atom. The van der Waals surface area contributed by atoms with Gasteiger partial charge < -0.3 is 9.47 Å². The Morgan fingerprint density at radius 3 is 1.34 bits per heavy atom. The molecule has 0 saturated carbocycles. The van der Waals surface area contributed by atoms with Crippen molar-refractivity contribution in [3.05, 3.63) is 50.1 Å². The molecule has 0 fully saturated rings. The average Bonchev–Trinajstić information content (AvgIpc) is 2.73. The first-order valence-corrected chi connectivity index (χ1v) is 11.9. The van der Waals surface area contributed by atoms with E-state index in [9.17, 15) is 18.7 Å². The molecule has 0 aliphatic heterocycles. The molecule has 0 rings (SSSR count). The van der Waals surface area contributed by atoms with Crippen LogP contribution in [0.4, 0.5) is 0 Å². The summed E-state index contributed by atoms with van der Waals surface area (Å²) >= 11 is 0. The van der Waals surface area contributed by atoms with Gasteiger partial charge in [-0.3, -0.25) is 18.7 Å². The van der Waals surface area contributed by atoms with Gasteiger partial charge in [0.05, 0.1) is 14.2 Å². The minimum absolute atomic E-state index is 0.0509. The smallest absolute Gasteiger partial charge is 0.323 e. The van der Waals surface area contributed by atoms with E-state index in [2.05, 4.69) is 26.3 Å². The molecule has 29 heavy (non-hydrogen) atoms. The lowest BCUT2D eigenvalue weighted by molar-refractivity contribution is -0.145. The van der Waals surface area contributed by atoms with Crippen LogP contribution in [0.2, 0.25) is 0 Å². The molecule has 0 saturated heterocycles. The molecule has 0 spiro atoms. The van der Waals surface area contributed by atoms with E-state index in [4.69, 9.17) is 13.8 Å². The highest BCUT2D eigenvalue weighted by Crippen LogP contribution is 2.69. The Kier molecular flexibility index (Phi) is 11.3. The molecule has 164 valence electrons. The van der Waals surface area contributed by atoms with E-state index in [1.807, 2.05) is 0 Å². The Balaban J connectivity index is 6.31. The second kappa shape index (κ2) is 12.1. The van der Waals surface area contributed by atoms with Gasteiger partial charge in [0.15, 0.2) is 0 Å². The monoisotopic (exact) mass is 448 g/mol. The second-order valence-electron chi connectivity index (χ2n) is 5.79. The van der Waals surface area contributed by atoms with Gasteiger partial charge in [-0.25, -0.2) is 13.7 Å². The highest BCUT2D eigenvalue weighted by Gasteiger charge is 2.45. The van der Waals surface area contributed by atoms with Crippen LogP contribution in [0.25, 0.3) is 0 Å². The second-order valence-corrected chi connectivity index (χ2v) is 10.5. The molecule has 0 bridgehead atoms. The first-order chi connectivity index (χ1) is 13.5. The van der Waals surface area contributed by atoms with Gasteiger partial charge in [0.2, 0.25) is 0 Å². The zero-order chi connectivity index (χ0) is 22.8. The maximum atomic E-state index is 13.6. The summed E-state index contributed by atoms with van der Waals surface area (Å²) in [4.78, 5) is 24.0. The molecule has 0 aromatic rings. The maximum Gasteiger partial charge on any atom is 0.323 e. The summed E-state index contributed by atoms with van der Waals surface area (Å²) in [5.74, 6) is 0.579. The van der Waals surface area contributed by atoms with Gasteiger partial charge in [-0.2, -0.15) is 0 Å². The zero-order valence-corrected chi connectivity index (χ0v) is 19.1. The fourth-order valence-corrected chi connectivity index (χ4v) is 7.30. The van der Waals surface area contributed by atoms with Crippen LogP contribution >= 0.6 is 15.0 Å². The van der Waals surface area contributed by atoms with E-state index in [0.717, 1.165) is 21.0 Å². The summed E-state index contributed by atoms with van der Waals surface area (Å²) in [5.41, 5.74) is 0. The zero-order valence-electron chi connectivity index (χ0n) is 17.4. The molecule has 0 aromatic heterocycles. The number of esters is 2. The van der Waals surface area contributed by atoms with E-state index in [-0.39, 0.29) is 13.1 Å². The quantitative estimate of drug-likeness (QED) is 0.223. The van der Waals surface area contributed by atoms with Gasteiger partial charge in [-0.15, -0.1) is 13.2 Å². The largest absolute Gasteiger partial charge is 0.468 e. The predicted octanol–water partition coefficient (Wildman–Crippen LogP) is 3.78. The third-order valence-corrected chi connectivity index (χ3v) is 9.27. The van der Waals surface area contributed by atoms with E-state index in [1.165, 1.54) is 40.2 Å². The van der Waals surface area contributed by atoms with Crippen molar-refractivity contribution in [1.82, 2.24) is 9.34 Å². The van der Waals surface area contributed by atoms with Crippen molar-refractivity contribution in [2.24, 2.45) is 0 Å². The van der Waals surface area contributed by atoms with Crippen molar-refractivity contribution in [1.29, 1.82) is 0 Å². The number of methoxy groups -OCH3 is 2. The van der Waals surface area contributed by atoms with Crippen molar-refractivity contribution in [3.63, 3.8) is 0 Å². The molecule has 0 radical (unpaired) electrons. The lowest BCUT2D eigenvalue weighted by Crippen LogP contribution is -2.39. The SMILES string of the molecule is C=CCN([C@@H](C)C(=O)OC)[P@@](=O)(C=C)O[P@](=O)(C=C)N(CC=C)[C@@H](C)C(=O)OC. The molecular weight excluding hydrogens is 418 g/mol. The van der Waals surface area contributed by atoms with Gasteiger partial charge in [-0.05, 0) is 13.8 Å². The normalized spacial score (nSPS) is 17.3. The fourth-order valence-electron chi connectivity index (χ4n) is 2.41. The lowest BCUT2D eigenvalue weighted by atomic mass is 10.3. The Labute approximate surface area is 172 Å². The summed E-state index contributed by atoms with van der Waals surface area (Å²) in [6, 6.07) is -2.04. The number of nitrogens with zero attached hydrogens (tertiary/aromatic N) is 2. The third-order valence-electron chi connectivity index (χ3n) is 4.02. The van der Waals surface area contributed by atoms with Crippen molar-refractivity contribution in [2.75, 3.05) is 27.3 Å². The van der Waals surface area contributed by atoms with Crippen LogP contribution in [0.1, 0.15) is 13.8 Å². The molecule has 0 heterocycles. The Morgan fingerprint density at radius 1 is 0.828 bits per heavy atom. The summed E-state index contributed by atoms with van der Waals surface area (Å²) in [5, 5.41) is 0. The average molecular weight is 448 g/mol. The molecule has 9 nitrogen and oxygen atoms in total. The number of ether oxygens (including phenoxy) is 2. The van der Waals surface area contributed by atoms with Crippen molar-refractivity contribution < 1.29 is 32.5 Å². The standard InChI is InChI=1S/C18H30N2O7P2/c1-9-13-19(15(5)17(21)25-7)28(23,11-3)27-29(24,12-4)20(14-10-2)16(6)18(22)26-8/h9-12,15-16H,1-4,13-14H2,5-8H3/t15-,16-,28+,29+/m0/s1. The summed E-state index contributed by atoms with van der Waals surface area (Å²) < 4.78 is 44.5. The number of hydrogen-bond acceptors (Lipinski definition) is 7. The summed E-state index contributed by atoms with van der Waals surface area (Å²) in [6.07, 6.45) is 2.80. The number of carbonyl (C=O) groups is 2. The minimum Gasteiger partial charge on any atom is -0.468 e. The van der Waals surface area contributed by atoms with E-state index < -0.39 is 39.1 Å². The van der Waals surface area contributed by atoms with Crippen LogP contribution in [-0.4, -0.2) is 60.7 Å².